The number of hydrogen-bond donors (Lipinski definition) is 3. The standard InChI is InChI=1S/C24H22FN5O4S.CH2O2/c25-20-6-2-1-5-19(20)23(27-10-11-31)24(32)29-13-17-14-30(28-22(17)15-29)35(33,34)18-7-8-21-16(12-18)4-3-9-26-21;2-1-3/h1-9,12,14,23,27,31H,10-11,13,15H2;1H,(H,2,3). The number of halogens is 1. The van der Waals surface area contributed by atoms with Crippen molar-refractivity contribution < 1.29 is 32.6 Å². The highest BCUT2D eigenvalue weighted by molar-refractivity contribution is 7.89. The molecule has 2 aromatic carbocycles. The average Bonchev–Trinajstić information content (AvgIpc) is 3.50. The lowest BCUT2D eigenvalue weighted by Crippen LogP contribution is -2.40. The van der Waals surface area contributed by atoms with Crippen molar-refractivity contribution in [2.24, 2.45) is 0 Å². The number of aliphatic hydroxyl groups is 1. The lowest BCUT2D eigenvalue weighted by molar-refractivity contribution is -0.134. The lowest BCUT2D eigenvalue weighted by atomic mass is 10.0. The molecule has 4 aromatic rings. The van der Waals surface area contributed by atoms with Gasteiger partial charge in [-0.2, -0.15) is 17.6 Å². The summed E-state index contributed by atoms with van der Waals surface area (Å²) in [5, 5.41) is 23.9. The molecular weight excluding hydrogens is 517 g/mol. The number of nitrogens with zero attached hydrogens (tertiary/aromatic N) is 4. The van der Waals surface area contributed by atoms with Crippen LogP contribution >= 0.6 is 0 Å². The van der Waals surface area contributed by atoms with Crippen LogP contribution in [-0.4, -0.2) is 63.2 Å². The van der Waals surface area contributed by atoms with Gasteiger partial charge in [-0.1, -0.05) is 24.3 Å². The summed E-state index contributed by atoms with van der Waals surface area (Å²) >= 11 is 0. The Bertz CT molecular complexity index is 1550. The molecule has 0 saturated carbocycles. The number of carbonyl (C=O) groups excluding carboxylic acids is 1. The summed E-state index contributed by atoms with van der Waals surface area (Å²) in [7, 11) is -3.94. The SMILES string of the molecule is O=C(C(NCCO)c1ccccc1F)N1Cc2cn(S(=O)(=O)c3ccc4ncccc4c3)nc2C1.O=CO. The number of rotatable bonds is 7. The molecule has 0 spiro atoms. The molecule has 11 nitrogen and oxygen atoms in total. The largest absolute Gasteiger partial charge is 0.483 e. The van der Waals surface area contributed by atoms with Gasteiger partial charge < -0.3 is 15.1 Å². The van der Waals surface area contributed by atoms with E-state index in [1.54, 1.807) is 36.5 Å². The molecule has 38 heavy (non-hydrogen) atoms. The second kappa shape index (κ2) is 11.5. The van der Waals surface area contributed by atoms with Gasteiger partial charge in [0.1, 0.15) is 11.9 Å². The van der Waals surface area contributed by atoms with Crippen molar-refractivity contribution >= 4 is 33.3 Å². The highest BCUT2D eigenvalue weighted by Gasteiger charge is 2.34. The summed E-state index contributed by atoms with van der Waals surface area (Å²) < 4.78 is 41.7. The summed E-state index contributed by atoms with van der Waals surface area (Å²) in [6.07, 6.45) is 3.04. The highest BCUT2D eigenvalue weighted by atomic mass is 32.2. The second-order valence-electron chi connectivity index (χ2n) is 8.27. The molecule has 1 atom stereocenters. The number of aromatic nitrogens is 3. The first-order valence-corrected chi connectivity index (χ1v) is 12.9. The van der Waals surface area contributed by atoms with Crippen LogP contribution in [0, 0.1) is 5.82 Å². The third-order valence-electron chi connectivity index (χ3n) is 5.91. The third-order valence-corrected chi connectivity index (χ3v) is 7.44. The molecule has 5 rings (SSSR count). The predicted octanol–water partition coefficient (Wildman–Crippen LogP) is 1.67. The molecule has 2 aromatic heterocycles. The molecule has 1 aliphatic heterocycles. The van der Waals surface area contributed by atoms with Crippen LogP contribution in [0.1, 0.15) is 22.9 Å². The van der Waals surface area contributed by atoms with E-state index in [0.29, 0.717) is 22.2 Å². The molecular formula is C25H24FN5O6S. The molecule has 1 unspecified atom stereocenters. The minimum atomic E-state index is -3.94. The van der Waals surface area contributed by atoms with Crippen LogP contribution < -0.4 is 5.32 Å². The molecule has 1 amide bonds. The number of fused-ring (bicyclic) bond motifs is 2. The monoisotopic (exact) mass is 541 g/mol. The summed E-state index contributed by atoms with van der Waals surface area (Å²) in [5.41, 5.74) is 1.91. The van der Waals surface area contributed by atoms with E-state index in [1.165, 1.54) is 35.4 Å². The number of carbonyl (C=O) groups is 2. The smallest absolute Gasteiger partial charge is 0.290 e. The fourth-order valence-electron chi connectivity index (χ4n) is 4.16. The van der Waals surface area contributed by atoms with Gasteiger partial charge in [0.15, 0.2) is 0 Å². The summed E-state index contributed by atoms with van der Waals surface area (Å²) in [6.45, 7) is -0.134. The normalized spacial score (nSPS) is 13.5. The van der Waals surface area contributed by atoms with Crippen LogP contribution in [0.3, 0.4) is 0 Å². The maximum Gasteiger partial charge on any atom is 0.290 e. The maximum atomic E-state index is 14.4. The second-order valence-corrected chi connectivity index (χ2v) is 10.1. The Kier molecular flexibility index (Phi) is 8.10. The third kappa shape index (κ3) is 5.39. The maximum absolute atomic E-state index is 14.4. The molecule has 0 saturated heterocycles. The van der Waals surface area contributed by atoms with E-state index in [9.17, 15) is 22.7 Å². The fraction of sp³-hybridized carbons (Fsp3) is 0.200. The fourth-order valence-corrected chi connectivity index (χ4v) is 5.36. The zero-order chi connectivity index (χ0) is 27.3. The Labute approximate surface area is 217 Å². The van der Waals surface area contributed by atoms with Crippen molar-refractivity contribution in [3.8, 4) is 0 Å². The van der Waals surface area contributed by atoms with Gasteiger partial charge in [-0.25, -0.2) is 4.39 Å². The van der Waals surface area contributed by atoms with Gasteiger partial charge in [-0.05, 0) is 30.3 Å². The number of amides is 1. The number of nitrogens with one attached hydrogen (secondary N) is 1. The molecule has 3 heterocycles. The quantitative estimate of drug-likeness (QED) is 0.296. The van der Waals surface area contributed by atoms with Crippen LogP contribution in [0.2, 0.25) is 0 Å². The number of benzene rings is 2. The lowest BCUT2D eigenvalue weighted by Gasteiger charge is -2.24. The first-order chi connectivity index (χ1) is 18.3. The Morgan fingerprint density at radius 2 is 1.92 bits per heavy atom. The Balaban J connectivity index is 0.00000107. The average molecular weight is 542 g/mol. The minimum Gasteiger partial charge on any atom is -0.483 e. The summed E-state index contributed by atoms with van der Waals surface area (Å²) in [6, 6.07) is 13.2. The van der Waals surface area contributed by atoms with Crippen molar-refractivity contribution in [1.29, 1.82) is 0 Å². The Hall–Kier alpha value is -4.20. The molecule has 0 aliphatic carbocycles. The molecule has 0 bridgehead atoms. The summed E-state index contributed by atoms with van der Waals surface area (Å²) in [4.78, 5) is 27.4. The predicted molar refractivity (Wildman–Crippen MR) is 134 cm³/mol. The van der Waals surface area contributed by atoms with Crippen molar-refractivity contribution in [3.05, 3.63) is 89.6 Å². The first-order valence-electron chi connectivity index (χ1n) is 11.4. The van der Waals surface area contributed by atoms with E-state index in [1.807, 2.05) is 0 Å². The van der Waals surface area contributed by atoms with Crippen LogP contribution in [0.25, 0.3) is 10.9 Å². The molecule has 3 N–H and O–H groups in total. The van der Waals surface area contributed by atoms with Crippen molar-refractivity contribution in [2.75, 3.05) is 13.2 Å². The van der Waals surface area contributed by atoms with Gasteiger partial charge >= 0.3 is 0 Å². The van der Waals surface area contributed by atoms with E-state index in [2.05, 4.69) is 15.4 Å². The summed E-state index contributed by atoms with van der Waals surface area (Å²) in [5.74, 6) is -0.923. The number of aliphatic hydroxyl groups excluding tert-OH is 1. The van der Waals surface area contributed by atoms with E-state index in [0.717, 1.165) is 4.09 Å². The Morgan fingerprint density at radius 1 is 1.16 bits per heavy atom. The van der Waals surface area contributed by atoms with Gasteiger partial charge in [-0.15, -0.1) is 0 Å². The topological polar surface area (TPSA) is 155 Å². The van der Waals surface area contributed by atoms with Gasteiger partial charge in [0.05, 0.1) is 29.3 Å². The van der Waals surface area contributed by atoms with E-state index >= 15 is 0 Å². The minimum absolute atomic E-state index is 0.0833. The van der Waals surface area contributed by atoms with Crippen molar-refractivity contribution in [1.82, 2.24) is 24.4 Å². The first kappa shape index (κ1) is 26.9. The molecule has 0 fully saturated rings. The Morgan fingerprint density at radius 3 is 2.63 bits per heavy atom. The number of pyridine rings is 1. The molecule has 13 heteroatoms. The van der Waals surface area contributed by atoms with E-state index < -0.39 is 27.8 Å². The van der Waals surface area contributed by atoms with Crippen LogP contribution in [-0.2, 0) is 32.7 Å². The zero-order valence-electron chi connectivity index (χ0n) is 19.9. The van der Waals surface area contributed by atoms with Crippen molar-refractivity contribution in [2.45, 2.75) is 24.0 Å². The van der Waals surface area contributed by atoms with Gasteiger partial charge in [0.2, 0.25) is 5.91 Å². The molecule has 0 radical (unpaired) electrons. The van der Waals surface area contributed by atoms with Crippen LogP contribution in [0.4, 0.5) is 4.39 Å². The molecule has 198 valence electrons. The zero-order valence-corrected chi connectivity index (χ0v) is 20.8. The van der Waals surface area contributed by atoms with Gasteiger partial charge in [0.25, 0.3) is 16.5 Å². The van der Waals surface area contributed by atoms with Crippen molar-refractivity contribution in [3.63, 3.8) is 0 Å². The van der Waals surface area contributed by atoms with E-state index in [-0.39, 0.29) is 43.2 Å². The van der Waals surface area contributed by atoms with Crippen LogP contribution in [0.5, 0.6) is 0 Å². The highest BCUT2D eigenvalue weighted by Crippen LogP contribution is 2.28. The van der Waals surface area contributed by atoms with Crippen LogP contribution in [0.15, 0.2) is 71.9 Å². The number of hydrogen-bond acceptors (Lipinski definition) is 8. The molecule has 1 aliphatic rings. The number of carboxylic acid groups (broad SMARTS) is 1. The van der Waals surface area contributed by atoms with Gasteiger partial charge in [-0.3, -0.25) is 19.9 Å². The van der Waals surface area contributed by atoms with E-state index in [4.69, 9.17) is 9.90 Å². The van der Waals surface area contributed by atoms with Gasteiger partial charge in [0, 0.05) is 42.0 Å².